The molecule has 5 heteroatoms. The lowest BCUT2D eigenvalue weighted by Crippen LogP contribution is -2.04. The molecule has 0 aliphatic heterocycles. The third-order valence-electron chi connectivity index (χ3n) is 4.00. The molecule has 3 aromatic carbocycles. The number of nitrogens with zero attached hydrogens (tertiary/aromatic N) is 2. The van der Waals surface area contributed by atoms with Gasteiger partial charge in [0.1, 0.15) is 5.75 Å². The van der Waals surface area contributed by atoms with Gasteiger partial charge in [0.2, 0.25) is 0 Å². The summed E-state index contributed by atoms with van der Waals surface area (Å²) in [4.78, 5) is 0. The van der Waals surface area contributed by atoms with Crippen LogP contribution in [0.25, 0.3) is 21.8 Å². The Morgan fingerprint density at radius 3 is 2.00 bits per heavy atom. The first-order valence-corrected chi connectivity index (χ1v) is 7.80. The molecule has 4 aromatic rings. The minimum absolute atomic E-state index is 0.0991. The van der Waals surface area contributed by atoms with E-state index in [9.17, 15) is 8.78 Å². The third kappa shape index (κ3) is 2.85. The summed E-state index contributed by atoms with van der Waals surface area (Å²) in [5.74, 6) is 0.0991. The quantitative estimate of drug-likeness (QED) is 0.466. The standard InChI is InChI=1S/C20H14F2N2O/c21-20(22)25-19-12-6-1-7-14(19)13-23-24-17-10-4-2-8-15(17)16-9-3-5-11-18(16)24/h1-13,20H/b23-13+. The van der Waals surface area contributed by atoms with Gasteiger partial charge in [0.05, 0.1) is 17.2 Å². The molecule has 1 heterocycles. The Morgan fingerprint density at radius 2 is 1.36 bits per heavy atom. The summed E-state index contributed by atoms with van der Waals surface area (Å²) in [6, 6.07) is 22.5. The van der Waals surface area contributed by atoms with E-state index in [0.717, 1.165) is 21.8 Å². The molecule has 0 atom stereocenters. The molecule has 0 spiro atoms. The van der Waals surface area contributed by atoms with Crippen molar-refractivity contribution < 1.29 is 13.5 Å². The highest BCUT2D eigenvalue weighted by molar-refractivity contribution is 6.08. The lowest BCUT2D eigenvalue weighted by atomic mass is 10.2. The molecule has 0 amide bonds. The highest BCUT2D eigenvalue weighted by Crippen LogP contribution is 2.28. The van der Waals surface area contributed by atoms with Crippen LogP contribution in [0.15, 0.2) is 77.9 Å². The van der Waals surface area contributed by atoms with Gasteiger partial charge in [0, 0.05) is 16.3 Å². The van der Waals surface area contributed by atoms with Gasteiger partial charge in [-0.3, -0.25) is 0 Å². The Labute approximate surface area is 142 Å². The average Bonchev–Trinajstić information content (AvgIpc) is 2.95. The van der Waals surface area contributed by atoms with Gasteiger partial charge >= 0.3 is 6.61 Å². The molecule has 3 nitrogen and oxygen atoms in total. The zero-order chi connectivity index (χ0) is 17.2. The second-order valence-electron chi connectivity index (χ2n) is 5.51. The van der Waals surface area contributed by atoms with Crippen LogP contribution in [-0.4, -0.2) is 17.5 Å². The fourth-order valence-corrected chi connectivity index (χ4v) is 2.94. The number of alkyl halides is 2. The lowest BCUT2D eigenvalue weighted by Gasteiger charge is -2.07. The highest BCUT2D eigenvalue weighted by Gasteiger charge is 2.10. The number of hydrogen-bond acceptors (Lipinski definition) is 2. The van der Waals surface area contributed by atoms with E-state index in [-0.39, 0.29) is 5.75 Å². The fourth-order valence-electron chi connectivity index (χ4n) is 2.94. The van der Waals surface area contributed by atoms with Gasteiger partial charge in [0.15, 0.2) is 0 Å². The first-order chi connectivity index (χ1) is 12.2. The van der Waals surface area contributed by atoms with Crippen molar-refractivity contribution in [3.05, 3.63) is 78.4 Å². The Balaban J connectivity index is 1.85. The van der Waals surface area contributed by atoms with E-state index < -0.39 is 6.61 Å². The van der Waals surface area contributed by atoms with Crippen molar-refractivity contribution in [1.29, 1.82) is 0 Å². The lowest BCUT2D eigenvalue weighted by molar-refractivity contribution is -0.0499. The maximum atomic E-state index is 12.6. The average molecular weight is 336 g/mol. The van der Waals surface area contributed by atoms with E-state index in [1.54, 1.807) is 18.2 Å². The van der Waals surface area contributed by atoms with Crippen molar-refractivity contribution in [2.45, 2.75) is 6.61 Å². The molecule has 0 saturated carbocycles. The van der Waals surface area contributed by atoms with Crippen LogP contribution in [0.5, 0.6) is 5.75 Å². The molecule has 0 aliphatic carbocycles. The highest BCUT2D eigenvalue weighted by atomic mass is 19.3. The summed E-state index contributed by atoms with van der Waals surface area (Å²) in [6.07, 6.45) is 1.54. The molecule has 0 aliphatic rings. The zero-order valence-corrected chi connectivity index (χ0v) is 13.1. The van der Waals surface area contributed by atoms with Crippen LogP contribution in [0, 0.1) is 0 Å². The molecule has 25 heavy (non-hydrogen) atoms. The second-order valence-corrected chi connectivity index (χ2v) is 5.51. The zero-order valence-electron chi connectivity index (χ0n) is 13.1. The van der Waals surface area contributed by atoms with Crippen LogP contribution in [0.1, 0.15) is 5.56 Å². The number of para-hydroxylation sites is 3. The van der Waals surface area contributed by atoms with Crippen LogP contribution in [0.2, 0.25) is 0 Å². The molecule has 0 N–H and O–H groups in total. The first-order valence-electron chi connectivity index (χ1n) is 7.80. The van der Waals surface area contributed by atoms with Crippen molar-refractivity contribution in [2.24, 2.45) is 5.10 Å². The normalized spacial score (nSPS) is 11.8. The Morgan fingerprint density at radius 1 is 0.800 bits per heavy atom. The number of ether oxygens (including phenoxy) is 1. The minimum Gasteiger partial charge on any atom is -0.434 e. The van der Waals surface area contributed by atoms with Gasteiger partial charge in [-0.2, -0.15) is 13.9 Å². The monoisotopic (exact) mass is 336 g/mol. The van der Waals surface area contributed by atoms with Gasteiger partial charge in [-0.25, -0.2) is 4.68 Å². The molecule has 0 unspecified atom stereocenters. The molecular weight excluding hydrogens is 322 g/mol. The topological polar surface area (TPSA) is 26.5 Å². The molecular formula is C20H14F2N2O. The van der Waals surface area contributed by atoms with Gasteiger partial charge in [-0.15, -0.1) is 0 Å². The van der Waals surface area contributed by atoms with E-state index >= 15 is 0 Å². The Bertz CT molecular complexity index is 1020. The van der Waals surface area contributed by atoms with Gasteiger partial charge in [-0.05, 0) is 24.3 Å². The Kier molecular flexibility index (Phi) is 3.90. The predicted molar refractivity (Wildman–Crippen MR) is 95.5 cm³/mol. The van der Waals surface area contributed by atoms with Crippen molar-refractivity contribution >= 4 is 28.0 Å². The summed E-state index contributed by atoms with van der Waals surface area (Å²) in [6.45, 7) is -2.87. The van der Waals surface area contributed by atoms with Crippen molar-refractivity contribution in [2.75, 3.05) is 0 Å². The van der Waals surface area contributed by atoms with E-state index in [0.29, 0.717) is 5.56 Å². The van der Waals surface area contributed by atoms with Gasteiger partial charge in [0.25, 0.3) is 0 Å². The van der Waals surface area contributed by atoms with Gasteiger partial charge in [-0.1, -0.05) is 48.5 Å². The minimum atomic E-state index is -2.87. The van der Waals surface area contributed by atoms with Crippen molar-refractivity contribution in [3.63, 3.8) is 0 Å². The predicted octanol–water partition coefficient (Wildman–Crippen LogP) is 5.28. The van der Waals surface area contributed by atoms with Crippen LogP contribution < -0.4 is 4.74 Å². The number of aromatic nitrogens is 1. The van der Waals surface area contributed by atoms with Crippen LogP contribution in [0.3, 0.4) is 0 Å². The number of rotatable bonds is 4. The molecule has 4 rings (SSSR count). The number of halogens is 2. The van der Waals surface area contributed by atoms with Crippen molar-refractivity contribution in [3.8, 4) is 5.75 Å². The Hall–Kier alpha value is -3.21. The summed E-state index contributed by atoms with van der Waals surface area (Å²) in [5.41, 5.74) is 2.39. The van der Waals surface area contributed by atoms with Crippen molar-refractivity contribution in [1.82, 2.24) is 4.68 Å². The largest absolute Gasteiger partial charge is 0.434 e. The molecule has 0 bridgehead atoms. The van der Waals surface area contributed by atoms with Crippen LogP contribution >= 0.6 is 0 Å². The summed E-state index contributed by atoms with van der Waals surface area (Å²) in [7, 11) is 0. The maximum Gasteiger partial charge on any atom is 0.387 e. The third-order valence-corrected chi connectivity index (χ3v) is 4.00. The van der Waals surface area contributed by atoms with E-state index in [1.807, 2.05) is 53.2 Å². The van der Waals surface area contributed by atoms with Crippen LogP contribution in [-0.2, 0) is 0 Å². The summed E-state index contributed by atoms with van der Waals surface area (Å²) in [5, 5.41) is 6.71. The number of benzene rings is 3. The SMILES string of the molecule is FC(F)Oc1ccccc1/C=N/n1c2ccccc2c2ccccc21. The first kappa shape index (κ1) is 15.3. The second kappa shape index (κ2) is 6.36. The molecule has 0 radical (unpaired) electrons. The summed E-state index contributed by atoms with van der Waals surface area (Å²) >= 11 is 0. The molecule has 0 saturated heterocycles. The summed E-state index contributed by atoms with van der Waals surface area (Å²) < 4.78 is 31.5. The molecule has 124 valence electrons. The van der Waals surface area contributed by atoms with E-state index in [1.165, 1.54) is 12.3 Å². The van der Waals surface area contributed by atoms with E-state index in [2.05, 4.69) is 9.84 Å². The maximum absolute atomic E-state index is 12.6. The molecule has 0 fully saturated rings. The molecule has 1 aromatic heterocycles. The van der Waals surface area contributed by atoms with E-state index in [4.69, 9.17) is 0 Å². The van der Waals surface area contributed by atoms with Crippen LogP contribution in [0.4, 0.5) is 8.78 Å². The van der Waals surface area contributed by atoms with Gasteiger partial charge < -0.3 is 4.74 Å². The number of hydrogen-bond donors (Lipinski definition) is 0. The fraction of sp³-hybridized carbons (Fsp3) is 0.0500. The smallest absolute Gasteiger partial charge is 0.387 e. The number of fused-ring (bicyclic) bond motifs is 3.